The third-order valence-corrected chi connectivity index (χ3v) is 2.77. The lowest BCUT2D eigenvalue weighted by Gasteiger charge is -2.12. The summed E-state index contributed by atoms with van der Waals surface area (Å²) in [6.45, 7) is -0.211. The zero-order valence-corrected chi connectivity index (χ0v) is 12.2. The molecule has 0 spiro atoms. The average Bonchev–Trinajstić information content (AvgIpc) is 2.43. The predicted octanol–water partition coefficient (Wildman–Crippen LogP) is 0.391. The topological polar surface area (TPSA) is 93.0 Å². The highest BCUT2D eigenvalue weighted by Crippen LogP contribution is 2.06. The Kier molecular flexibility index (Phi) is 4.49. The lowest BCUT2D eigenvalue weighted by molar-refractivity contribution is -0.117. The molecule has 8 nitrogen and oxygen atoms in total. The molecule has 0 aliphatic carbocycles. The molecule has 1 N–H and O–H groups in total. The first kappa shape index (κ1) is 14.9. The number of nitrogens with zero attached hydrogens (tertiary/aromatic N) is 5. The van der Waals surface area contributed by atoms with Crippen molar-refractivity contribution in [3.63, 3.8) is 0 Å². The number of rotatable bonds is 4. The first-order valence-corrected chi connectivity index (χ1v) is 6.37. The molecule has 0 saturated heterocycles. The number of aromatic nitrogens is 4. The highest BCUT2D eigenvalue weighted by molar-refractivity contribution is 6.29. The second kappa shape index (κ2) is 6.31. The fourth-order valence-corrected chi connectivity index (χ4v) is 1.59. The van der Waals surface area contributed by atoms with E-state index in [4.69, 9.17) is 11.6 Å². The van der Waals surface area contributed by atoms with E-state index in [2.05, 4.69) is 20.6 Å². The largest absolute Gasteiger partial charge is 0.376 e. The molecular weight excluding hydrogens is 296 g/mol. The summed E-state index contributed by atoms with van der Waals surface area (Å²) in [6.07, 6.45) is 1.51. The van der Waals surface area contributed by atoms with Crippen molar-refractivity contribution in [1.29, 1.82) is 0 Å². The molecular formula is C12H13ClN6O2. The minimum absolute atomic E-state index is 0.211. The molecule has 0 saturated carbocycles. The summed E-state index contributed by atoms with van der Waals surface area (Å²) in [5, 5.41) is 14.0. The van der Waals surface area contributed by atoms with Crippen LogP contribution in [-0.4, -0.2) is 40.0 Å². The quantitative estimate of drug-likeness (QED) is 0.878. The van der Waals surface area contributed by atoms with Crippen molar-refractivity contribution in [2.75, 3.05) is 24.3 Å². The van der Waals surface area contributed by atoms with E-state index in [1.165, 1.54) is 24.4 Å². The normalized spacial score (nSPS) is 10.2. The average molecular weight is 309 g/mol. The van der Waals surface area contributed by atoms with Crippen molar-refractivity contribution < 1.29 is 4.79 Å². The number of nitrogens with one attached hydrogen (secondary N) is 1. The SMILES string of the molecule is CN(C)c1cnn(CC(=O)Nc2ccc(Cl)nn2)c(=O)c1. The molecule has 1 amide bonds. The highest BCUT2D eigenvalue weighted by Gasteiger charge is 2.08. The molecule has 110 valence electrons. The smallest absolute Gasteiger partial charge is 0.269 e. The van der Waals surface area contributed by atoms with E-state index in [9.17, 15) is 9.59 Å². The van der Waals surface area contributed by atoms with E-state index in [1.807, 2.05) is 0 Å². The van der Waals surface area contributed by atoms with Gasteiger partial charge in [0.25, 0.3) is 5.56 Å². The van der Waals surface area contributed by atoms with Gasteiger partial charge in [0, 0.05) is 20.2 Å². The Morgan fingerprint density at radius 1 is 1.38 bits per heavy atom. The molecule has 9 heteroatoms. The molecule has 0 bridgehead atoms. The van der Waals surface area contributed by atoms with Crippen LogP contribution in [0.4, 0.5) is 11.5 Å². The van der Waals surface area contributed by atoms with Crippen molar-refractivity contribution in [2.24, 2.45) is 0 Å². The van der Waals surface area contributed by atoms with Crippen molar-refractivity contribution in [1.82, 2.24) is 20.0 Å². The van der Waals surface area contributed by atoms with Crippen molar-refractivity contribution in [3.05, 3.63) is 39.9 Å². The molecule has 0 aliphatic heterocycles. The van der Waals surface area contributed by atoms with E-state index < -0.39 is 5.91 Å². The Labute approximate surface area is 125 Å². The van der Waals surface area contributed by atoms with E-state index in [-0.39, 0.29) is 23.1 Å². The van der Waals surface area contributed by atoms with Crippen molar-refractivity contribution >= 4 is 29.0 Å². The first-order valence-electron chi connectivity index (χ1n) is 5.99. The molecule has 2 rings (SSSR count). The van der Waals surface area contributed by atoms with E-state index in [0.29, 0.717) is 5.69 Å². The van der Waals surface area contributed by atoms with Gasteiger partial charge >= 0.3 is 0 Å². The molecule has 0 radical (unpaired) electrons. The van der Waals surface area contributed by atoms with Gasteiger partial charge in [-0.1, -0.05) is 11.6 Å². The van der Waals surface area contributed by atoms with E-state index in [1.54, 1.807) is 19.0 Å². The molecule has 21 heavy (non-hydrogen) atoms. The second-order valence-electron chi connectivity index (χ2n) is 4.39. The molecule has 2 aromatic heterocycles. The van der Waals surface area contributed by atoms with Gasteiger partial charge in [0.1, 0.15) is 6.54 Å². The lowest BCUT2D eigenvalue weighted by atomic mass is 10.4. The Balaban J connectivity index is 2.06. The molecule has 0 aromatic carbocycles. The van der Waals surface area contributed by atoms with Crippen molar-refractivity contribution in [2.45, 2.75) is 6.54 Å². The highest BCUT2D eigenvalue weighted by atomic mass is 35.5. The van der Waals surface area contributed by atoms with Gasteiger partial charge in [0.2, 0.25) is 5.91 Å². The minimum atomic E-state index is -0.432. The summed E-state index contributed by atoms with van der Waals surface area (Å²) in [7, 11) is 3.60. The lowest BCUT2D eigenvalue weighted by Crippen LogP contribution is -2.30. The van der Waals surface area contributed by atoms with Crippen LogP contribution in [0.3, 0.4) is 0 Å². The second-order valence-corrected chi connectivity index (χ2v) is 4.78. The van der Waals surface area contributed by atoms with Gasteiger partial charge in [-0.2, -0.15) is 5.10 Å². The van der Waals surface area contributed by atoms with E-state index >= 15 is 0 Å². The van der Waals surface area contributed by atoms with Crippen LogP contribution in [0.2, 0.25) is 5.15 Å². The van der Waals surface area contributed by atoms with Crippen LogP contribution in [0.1, 0.15) is 0 Å². The number of halogens is 1. The number of anilines is 2. The maximum Gasteiger partial charge on any atom is 0.269 e. The summed E-state index contributed by atoms with van der Waals surface area (Å²) in [5.74, 6) is -0.179. The minimum Gasteiger partial charge on any atom is -0.376 e. The summed E-state index contributed by atoms with van der Waals surface area (Å²) < 4.78 is 1.06. The Morgan fingerprint density at radius 3 is 2.71 bits per heavy atom. The van der Waals surface area contributed by atoms with Crippen LogP contribution >= 0.6 is 11.6 Å². The zero-order chi connectivity index (χ0) is 15.4. The monoisotopic (exact) mass is 308 g/mol. The van der Waals surface area contributed by atoms with Gasteiger partial charge < -0.3 is 10.2 Å². The van der Waals surface area contributed by atoms with Crippen LogP contribution in [-0.2, 0) is 11.3 Å². The summed E-state index contributed by atoms with van der Waals surface area (Å²) in [6, 6.07) is 4.42. The first-order chi connectivity index (χ1) is 9.95. The number of carbonyl (C=O) groups is 1. The van der Waals surface area contributed by atoms with Gasteiger partial charge in [-0.3, -0.25) is 9.59 Å². The standard InChI is InChI=1S/C12H13ClN6O2/c1-18(2)8-5-12(21)19(14-6-8)7-11(20)15-10-4-3-9(13)16-17-10/h3-6H,7H2,1-2H3,(H,15,17,20). The summed E-state index contributed by atoms with van der Waals surface area (Å²) in [4.78, 5) is 25.4. The summed E-state index contributed by atoms with van der Waals surface area (Å²) in [5.41, 5.74) is 0.304. The van der Waals surface area contributed by atoms with Crippen LogP contribution in [0.5, 0.6) is 0 Å². The van der Waals surface area contributed by atoms with Gasteiger partial charge in [0.05, 0.1) is 11.9 Å². The molecule has 0 fully saturated rings. The Bertz CT molecular complexity index is 698. The maximum atomic E-state index is 11.8. The third-order valence-electron chi connectivity index (χ3n) is 2.56. The van der Waals surface area contributed by atoms with Crippen molar-refractivity contribution in [3.8, 4) is 0 Å². The molecule has 0 aliphatic rings. The molecule has 0 unspecified atom stereocenters. The number of hydrogen-bond donors (Lipinski definition) is 1. The van der Waals surface area contributed by atoms with E-state index in [0.717, 1.165) is 4.68 Å². The number of amides is 1. The molecule has 0 atom stereocenters. The van der Waals surface area contributed by atoms with Crippen LogP contribution in [0.15, 0.2) is 29.2 Å². The third kappa shape index (κ3) is 3.99. The van der Waals surface area contributed by atoms with Gasteiger partial charge in [-0.05, 0) is 12.1 Å². The zero-order valence-electron chi connectivity index (χ0n) is 11.4. The Morgan fingerprint density at radius 2 is 2.14 bits per heavy atom. The van der Waals surface area contributed by atoms with Gasteiger partial charge in [0.15, 0.2) is 11.0 Å². The fourth-order valence-electron chi connectivity index (χ4n) is 1.49. The molecule has 2 heterocycles. The van der Waals surface area contributed by atoms with Crippen LogP contribution < -0.4 is 15.8 Å². The number of carbonyl (C=O) groups excluding carboxylic acids is 1. The summed E-state index contributed by atoms with van der Waals surface area (Å²) >= 11 is 5.59. The van der Waals surface area contributed by atoms with Gasteiger partial charge in [-0.25, -0.2) is 4.68 Å². The number of hydrogen-bond acceptors (Lipinski definition) is 6. The fraction of sp³-hybridized carbons (Fsp3) is 0.250. The van der Waals surface area contributed by atoms with Crippen LogP contribution in [0.25, 0.3) is 0 Å². The van der Waals surface area contributed by atoms with Crippen LogP contribution in [0, 0.1) is 0 Å². The maximum absolute atomic E-state index is 11.8. The predicted molar refractivity (Wildman–Crippen MR) is 78.5 cm³/mol. The van der Waals surface area contributed by atoms with Gasteiger partial charge in [-0.15, -0.1) is 10.2 Å². The molecule has 2 aromatic rings. The Hall–Kier alpha value is -2.48.